The molecule has 5 aliphatic carbocycles. The second-order valence-electron chi connectivity index (χ2n) is 7.91. The van der Waals surface area contributed by atoms with Gasteiger partial charge in [0.1, 0.15) is 5.78 Å². The van der Waals surface area contributed by atoms with E-state index in [1.165, 1.54) is 57.8 Å². The fraction of sp³-hybridized carbons (Fsp3) is 0.941. The van der Waals surface area contributed by atoms with Gasteiger partial charge in [-0.2, -0.15) is 0 Å². The van der Waals surface area contributed by atoms with Crippen LogP contribution in [0.4, 0.5) is 0 Å². The highest BCUT2D eigenvalue weighted by atomic mass is 16.1. The molecule has 0 aromatic carbocycles. The Kier molecular flexibility index (Phi) is 1.87. The van der Waals surface area contributed by atoms with Crippen molar-refractivity contribution in [2.75, 3.05) is 0 Å². The first-order valence-corrected chi connectivity index (χ1v) is 8.37. The van der Waals surface area contributed by atoms with E-state index in [0.29, 0.717) is 17.3 Å². The standard InChI is InChI=1S/C17H24O/c18-16-12-3-1-2-4-15(16)17-11-6-5-10(9-11)13(17)7-8-14(12)17/h10-15H,1-9H2. The minimum Gasteiger partial charge on any atom is -0.299 e. The summed E-state index contributed by atoms with van der Waals surface area (Å²) >= 11 is 0. The number of Topliss-reactive ketones (excluding diaryl/α,β-unsaturated/α-hetero) is 1. The molecule has 0 amide bonds. The quantitative estimate of drug-likeness (QED) is 0.633. The van der Waals surface area contributed by atoms with Crippen LogP contribution in [0.3, 0.4) is 0 Å². The molecule has 0 aliphatic heterocycles. The maximum absolute atomic E-state index is 12.8. The molecule has 0 saturated heterocycles. The van der Waals surface area contributed by atoms with Crippen molar-refractivity contribution >= 4 is 5.78 Å². The molecule has 4 bridgehead atoms. The van der Waals surface area contributed by atoms with E-state index in [2.05, 4.69) is 0 Å². The zero-order valence-electron chi connectivity index (χ0n) is 11.2. The van der Waals surface area contributed by atoms with Crippen molar-refractivity contribution < 1.29 is 4.79 Å². The highest BCUT2D eigenvalue weighted by Gasteiger charge is 2.73. The highest BCUT2D eigenvalue weighted by Crippen LogP contribution is 2.76. The lowest BCUT2D eigenvalue weighted by atomic mass is 9.58. The predicted octanol–water partition coefficient (Wildman–Crippen LogP) is 3.82. The zero-order chi connectivity index (χ0) is 11.9. The van der Waals surface area contributed by atoms with Gasteiger partial charge in [0.25, 0.3) is 0 Å². The molecule has 5 saturated carbocycles. The van der Waals surface area contributed by atoms with Crippen LogP contribution in [0.5, 0.6) is 0 Å². The molecule has 7 unspecified atom stereocenters. The maximum atomic E-state index is 12.8. The summed E-state index contributed by atoms with van der Waals surface area (Å²) in [6, 6.07) is 0. The molecule has 0 N–H and O–H groups in total. The number of hydrogen-bond acceptors (Lipinski definition) is 1. The molecule has 0 heterocycles. The van der Waals surface area contributed by atoms with Crippen molar-refractivity contribution in [2.24, 2.45) is 40.9 Å². The van der Waals surface area contributed by atoms with Crippen molar-refractivity contribution in [3.8, 4) is 0 Å². The zero-order valence-corrected chi connectivity index (χ0v) is 11.2. The summed E-state index contributed by atoms with van der Waals surface area (Å²) in [4.78, 5) is 12.8. The summed E-state index contributed by atoms with van der Waals surface area (Å²) in [5.74, 6) is 5.52. The molecule has 1 nitrogen and oxygen atoms in total. The van der Waals surface area contributed by atoms with Gasteiger partial charge in [-0.25, -0.2) is 0 Å². The Morgan fingerprint density at radius 2 is 1.72 bits per heavy atom. The van der Waals surface area contributed by atoms with E-state index in [1.54, 1.807) is 0 Å². The summed E-state index contributed by atoms with van der Waals surface area (Å²) in [7, 11) is 0. The van der Waals surface area contributed by atoms with Crippen LogP contribution in [-0.2, 0) is 4.79 Å². The lowest BCUT2D eigenvalue weighted by Gasteiger charge is -2.45. The molecule has 0 radical (unpaired) electrons. The van der Waals surface area contributed by atoms with Gasteiger partial charge in [-0.05, 0) is 74.0 Å². The van der Waals surface area contributed by atoms with E-state index in [9.17, 15) is 4.79 Å². The number of rotatable bonds is 0. The summed E-state index contributed by atoms with van der Waals surface area (Å²) < 4.78 is 0. The number of carbonyl (C=O) groups is 1. The van der Waals surface area contributed by atoms with Gasteiger partial charge in [-0.3, -0.25) is 4.79 Å². The van der Waals surface area contributed by atoms with Gasteiger partial charge in [0.15, 0.2) is 0 Å². The molecule has 0 aromatic rings. The van der Waals surface area contributed by atoms with Crippen LogP contribution in [0.25, 0.3) is 0 Å². The topological polar surface area (TPSA) is 17.1 Å². The minimum absolute atomic E-state index is 0.502. The van der Waals surface area contributed by atoms with Gasteiger partial charge in [-0.1, -0.05) is 12.8 Å². The van der Waals surface area contributed by atoms with Crippen LogP contribution in [0.2, 0.25) is 0 Å². The molecule has 5 rings (SSSR count). The molecule has 1 spiro atoms. The summed E-state index contributed by atoms with van der Waals surface area (Å²) in [6.07, 6.45) is 12.5. The molecule has 1 heteroatoms. The molecule has 98 valence electrons. The largest absolute Gasteiger partial charge is 0.299 e. The first-order valence-electron chi connectivity index (χ1n) is 8.37. The number of hydrogen-bond donors (Lipinski definition) is 0. The van der Waals surface area contributed by atoms with Crippen LogP contribution in [0.15, 0.2) is 0 Å². The van der Waals surface area contributed by atoms with Crippen molar-refractivity contribution in [3.63, 3.8) is 0 Å². The van der Waals surface area contributed by atoms with Gasteiger partial charge in [0.2, 0.25) is 0 Å². The van der Waals surface area contributed by atoms with Crippen LogP contribution in [0, 0.1) is 40.9 Å². The van der Waals surface area contributed by atoms with E-state index in [4.69, 9.17) is 0 Å². The lowest BCUT2D eigenvalue weighted by molar-refractivity contribution is -0.126. The maximum Gasteiger partial charge on any atom is 0.139 e. The fourth-order valence-electron chi connectivity index (χ4n) is 7.72. The van der Waals surface area contributed by atoms with E-state index in [-0.39, 0.29) is 0 Å². The summed E-state index contributed by atoms with van der Waals surface area (Å²) in [5.41, 5.74) is 0.547. The SMILES string of the molecule is O=C1C2CCCCC1C13C4CCC(C4)C1CCC23. The van der Waals surface area contributed by atoms with Gasteiger partial charge < -0.3 is 0 Å². The number of fused-ring (bicyclic) bond motifs is 6. The van der Waals surface area contributed by atoms with E-state index >= 15 is 0 Å². The summed E-state index contributed by atoms with van der Waals surface area (Å²) in [6.45, 7) is 0. The Hall–Kier alpha value is -0.330. The first kappa shape index (κ1) is 10.5. The van der Waals surface area contributed by atoms with E-state index in [0.717, 1.165) is 29.5 Å². The third-order valence-corrected chi connectivity index (χ3v) is 7.88. The normalized spacial score (nSPS) is 60.8. The van der Waals surface area contributed by atoms with Gasteiger partial charge in [0.05, 0.1) is 0 Å². The van der Waals surface area contributed by atoms with Crippen molar-refractivity contribution in [1.29, 1.82) is 0 Å². The third kappa shape index (κ3) is 0.916. The van der Waals surface area contributed by atoms with Crippen LogP contribution in [0.1, 0.15) is 57.8 Å². The smallest absolute Gasteiger partial charge is 0.139 e. The van der Waals surface area contributed by atoms with Gasteiger partial charge in [-0.15, -0.1) is 0 Å². The Morgan fingerprint density at radius 3 is 2.67 bits per heavy atom. The number of carbonyl (C=O) groups excluding carboxylic acids is 1. The Balaban J connectivity index is 1.68. The van der Waals surface area contributed by atoms with E-state index < -0.39 is 0 Å². The molecule has 7 atom stereocenters. The Morgan fingerprint density at radius 1 is 0.889 bits per heavy atom. The Labute approximate surface area is 110 Å². The highest BCUT2D eigenvalue weighted by molar-refractivity contribution is 5.88. The molecule has 0 aromatic heterocycles. The average Bonchev–Trinajstić information content (AvgIpc) is 3.02. The van der Waals surface area contributed by atoms with Crippen molar-refractivity contribution in [1.82, 2.24) is 0 Å². The third-order valence-electron chi connectivity index (χ3n) is 7.88. The average molecular weight is 244 g/mol. The van der Waals surface area contributed by atoms with Crippen LogP contribution in [-0.4, -0.2) is 5.78 Å². The van der Waals surface area contributed by atoms with Gasteiger partial charge in [0, 0.05) is 11.8 Å². The molecule has 5 fully saturated rings. The predicted molar refractivity (Wildman–Crippen MR) is 69.9 cm³/mol. The van der Waals surface area contributed by atoms with E-state index in [1.807, 2.05) is 0 Å². The second-order valence-corrected chi connectivity index (χ2v) is 7.91. The van der Waals surface area contributed by atoms with Crippen LogP contribution >= 0.6 is 0 Å². The Bertz CT molecular complexity index is 414. The molecular weight excluding hydrogens is 220 g/mol. The minimum atomic E-state index is 0.502. The molecule has 5 aliphatic rings. The monoisotopic (exact) mass is 244 g/mol. The lowest BCUT2D eigenvalue weighted by Crippen LogP contribution is -2.41. The first-order chi connectivity index (χ1) is 8.83. The van der Waals surface area contributed by atoms with Crippen LogP contribution < -0.4 is 0 Å². The fourth-order valence-corrected chi connectivity index (χ4v) is 7.72. The summed E-state index contributed by atoms with van der Waals surface area (Å²) in [5, 5.41) is 0. The number of ketones is 1. The van der Waals surface area contributed by atoms with Crippen molar-refractivity contribution in [3.05, 3.63) is 0 Å². The second kappa shape index (κ2) is 3.22. The van der Waals surface area contributed by atoms with Crippen molar-refractivity contribution in [2.45, 2.75) is 57.8 Å². The molecular formula is C17H24O. The molecule has 18 heavy (non-hydrogen) atoms. The van der Waals surface area contributed by atoms with Gasteiger partial charge >= 0.3 is 0 Å².